The third kappa shape index (κ3) is 5.79. The standard InChI is InChI=1S/C28H28BrN5O8S2/c1-6-41-18-12-15(11-17(29)22(18)42-13-14-8-7-9-16(10-14)34(39)40)19(20-23(35)30(2)27(43)31(3)24(20)36)21-25(37)32(4)28(44)33(5)26(21)38/h7-12,19,35,37H,6,13H2,1-5H3. The van der Waals surface area contributed by atoms with Crippen molar-refractivity contribution in [3.8, 4) is 23.3 Å². The molecular formula is C28H28BrN5O8S2. The van der Waals surface area contributed by atoms with Gasteiger partial charge in [0.1, 0.15) is 6.61 Å². The first-order valence-electron chi connectivity index (χ1n) is 13.0. The fraction of sp³-hybridized carbons (Fsp3) is 0.286. The predicted molar refractivity (Wildman–Crippen MR) is 170 cm³/mol. The third-order valence-electron chi connectivity index (χ3n) is 7.08. The summed E-state index contributed by atoms with van der Waals surface area (Å²) in [7, 11) is 5.80. The molecule has 4 rings (SSSR count). The molecule has 2 aromatic carbocycles. The van der Waals surface area contributed by atoms with Gasteiger partial charge in [0, 0.05) is 40.3 Å². The molecule has 232 valence electrons. The minimum atomic E-state index is -1.34. The van der Waals surface area contributed by atoms with Crippen molar-refractivity contribution in [3.05, 3.63) is 103 Å². The molecule has 2 N–H and O–H groups in total. The van der Waals surface area contributed by atoms with E-state index in [0.29, 0.717) is 10.0 Å². The van der Waals surface area contributed by atoms with Gasteiger partial charge in [-0.05, 0) is 70.5 Å². The molecule has 0 fully saturated rings. The van der Waals surface area contributed by atoms with E-state index in [2.05, 4.69) is 15.9 Å². The number of hydrogen-bond acceptors (Lipinski definition) is 10. The highest BCUT2D eigenvalue weighted by atomic mass is 79.9. The van der Waals surface area contributed by atoms with Crippen molar-refractivity contribution in [1.29, 1.82) is 0 Å². The van der Waals surface area contributed by atoms with Crippen molar-refractivity contribution in [2.45, 2.75) is 19.4 Å². The number of rotatable bonds is 9. The summed E-state index contributed by atoms with van der Waals surface area (Å²) in [4.78, 5) is 38.1. The molecule has 0 radical (unpaired) electrons. The summed E-state index contributed by atoms with van der Waals surface area (Å²) in [6.45, 7) is 1.90. The molecule has 0 saturated carbocycles. The van der Waals surface area contributed by atoms with Crippen molar-refractivity contribution in [2.75, 3.05) is 6.61 Å². The summed E-state index contributed by atoms with van der Waals surface area (Å²) in [5.74, 6) is -1.90. The Labute approximate surface area is 269 Å². The smallest absolute Gasteiger partial charge is 0.269 e. The van der Waals surface area contributed by atoms with E-state index in [9.17, 15) is 29.9 Å². The zero-order valence-corrected chi connectivity index (χ0v) is 27.4. The molecule has 0 amide bonds. The fourth-order valence-corrected chi connectivity index (χ4v) is 5.69. The zero-order chi connectivity index (χ0) is 32.6. The first-order valence-corrected chi connectivity index (χ1v) is 14.6. The van der Waals surface area contributed by atoms with E-state index in [0.717, 1.165) is 9.13 Å². The number of aromatic nitrogens is 4. The molecule has 0 aliphatic rings. The lowest BCUT2D eigenvalue weighted by Crippen LogP contribution is -2.33. The zero-order valence-electron chi connectivity index (χ0n) is 24.2. The van der Waals surface area contributed by atoms with Crippen LogP contribution in [-0.4, -0.2) is 40.0 Å². The lowest BCUT2D eigenvalue weighted by atomic mass is 9.86. The van der Waals surface area contributed by atoms with Gasteiger partial charge in [-0.2, -0.15) is 0 Å². The van der Waals surface area contributed by atoms with Crippen LogP contribution in [0.4, 0.5) is 5.69 Å². The molecule has 0 unspecified atom stereocenters. The van der Waals surface area contributed by atoms with Crippen LogP contribution in [0, 0.1) is 19.7 Å². The van der Waals surface area contributed by atoms with Crippen LogP contribution in [0.1, 0.15) is 35.1 Å². The Bertz CT molecular complexity index is 1960. The van der Waals surface area contributed by atoms with E-state index < -0.39 is 33.7 Å². The number of benzene rings is 2. The Morgan fingerprint density at radius 2 is 1.45 bits per heavy atom. The molecule has 0 atom stereocenters. The summed E-state index contributed by atoms with van der Waals surface area (Å²) in [6.07, 6.45) is 0. The molecule has 44 heavy (non-hydrogen) atoms. The van der Waals surface area contributed by atoms with Gasteiger partial charge in [-0.25, -0.2) is 0 Å². The predicted octanol–water partition coefficient (Wildman–Crippen LogP) is 4.46. The van der Waals surface area contributed by atoms with Gasteiger partial charge in [-0.3, -0.25) is 38.0 Å². The van der Waals surface area contributed by atoms with Crippen LogP contribution in [0.2, 0.25) is 0 Å². The number of hydrogen-bond donors (Lipinski definition) is 2. The SMILES string of the molecule is CCOc1cc(C(c2c(O)n(C)c(=S)n(C)c2=O)c2c(O)n(C)c(=S)n(C)c2=O)cc(Br)c1OCc1cccc([N+](=O)[O-])c1. The largest absolute Gasteiger partial charge is 0.494 e. The molecular weight excluding hydrogens is 678 g/mol. The van der Waals surface area contributed by atoms with Crippen LogP contribution in [0.25, 0.3) is 0 Å². The minimum Gasteiger partial charge on any atom is -0.494 e. The molecule has 0 saturated heterocycles. The second-order valence-electron chi connectivity index (χ2n) is 9.80. The monoisotopic (exact) mass is 705 g/mol. The van der Waals surface area contributed by atoms with E-state index in [1.807, 2.05) is 0 Å². The van der Waals surface area contributed by atoms with Crippen LogP contribution in [0.3, 0.4) is 0 Å². The number of nitro benzene ring substituents is 1. The average Bonchev–Trinajstić information content (AvgIpc) is 3.00. The highest BCUT2D eigenvalue weighted by molar-refractivity contribution is 9.10. The number of nitro groups is 1. The molecule has 0 aliphatic heterocycles. The molecule has 16 heteroatoms. The highest BCUT2D eigenvalue weighted by Gasteiger charge is 2.33. The van der Waals surface area contributed by atoms with E-state index in [1.165, 1.54) is 55.5 Å². The van der Waals surface area contributed by atoms with Crippen LogP contribution in [0.5, 0.6) is 23.3 Å². The van der Waals surface area contributed by atoms with Crippen molar-refractivity contribution in [1.82, 2.24) is 18.3 Å². The van der Waals surface area contributed by atoms with Gasteiger partial charge in [0.25, 0.3) is 16.8 Å². The second-order valence-corrected chi connectivity index (χ2v) is 11.4. The summed E-state index contributed by atoms with van der Waals surface area (Å²) in [6, 6.07) is 9.08. The lowest BCUT2D eigenvalue weighted by molar-refractivity contribution is -0.384. The number of nitrogens with zero attached hydrogens (tertiary/aromatic N) is 5. The van der Waals surface area contributed by atoms with Crippen molar-refractivity contribution >= 4 is 46.1 Å². The van der Waals surface area contributed by atoms with Crippen LogP contribution in [0.15, 0.2) is 50.5 Å². The summed E-state index contributed by atoms with van der Waals surface area (Å²) in [5.41, 5.74) is -1.12. The fourth-order valence-electron chi connectivity index (χ4n) is 4.77. The van der Waals surface area contributed by atoms with Gasteiger partial charge < -0.3 is 19.7 Å². The van der Waals surface area contributed by atoms with E-state index in [1.54, 1.807) is 25.1 Å². The summed E-state index contributed by atoms with van der Waals surface area (Å²) in [5, 5.41) is 33.8. The van der Waals surface area contributed by atoms with Crippen molar-refractivity contribution in [2.24, 2.45) is 28.2 Å². The maximum atomic E-state index is 13.7. The Morgan fingerprint density at radius 3 is 1.95 bits per heavy atom. The van der Waals surface area contributed by atoms with Gasteiger partial charge in [0.15, 0.2) is 21.0 Å². The molecule has 4 aromatic rings. The number of aromatic hydroxyl groups is 2. The molecule has 13 nitrogen and oxygen atoms in total. The van der Waals surface area contributed by atoms with Gasteiger partial charge in [-0.15, -0.1) is 0 Å². The highest BCUT2D eigenvalue weighted by Crippen LogP contribution is 2.44. The normalized spacial score (nSPS) is 11.2. The van der Waals surface area contributed by atoms with Gasteiger partial charge in [0.05, 0.1) is 33.0 Å². The average molecular weight is 707 g/mol. The van der Waals surface area contributed by atoms with Crippen molar-refractivity contribution in [3.63, 3.8) is 0 Å². The number of ether oxygens (including phenoxy) is 2. The summed E-state index contributed by atoms with van der Waals surface area (Å²) >= 11 is 14.1. The maximum absolute atomic E-state index is 13.7. The minimum absolute atomic E-state index is 0.0275. The van der Waals surface area contributed by atoms with Crippen LogP contribution < -0.4 is 20.6 Å². The lowest BCUT2D eigenvalue weighted by Gasteiger charge is -2.24. The van der Waals surface area contributed by atoms with Crippen molar-refractivity contribution < 1.29 is 24.6 Å². The Morgan fingerprint density at radius 1 is 0.909 bits per heavy atom. The number of halogens is 1. The van der Waals surface area contributed by atoms with Crippen LogP contribution >= 0.6 is 40.4 Å². The molecule has 2 aromatic heterocycles. The third-order valence-corrected chi connectivity index (χ3v) is 8.77. The molecule has 0 aliphatic carbocycles. The first-order chi connectivity index (χ1) is 20.7. The molecule has 2 heterocycles. The van der Waals surface area contributed by atoms with Gasteiger partial charge >= 0.3 is 0 Å². The number of non-ortho nitro benzene ring substituents is 1. The maximum Gasteiger partial charge on any atom is 0.269 e. The Balaban J connectivity index is 2.01. The second kappa shape index (κ2) is 12.8. The molecule has 0 spiro atoms. The van der Waals surface area contributed by atoms with E-state index >= 15 is 0 Å². The molecule has 0 bridgehead atoms. The van der Waals surface area contributed by atoms with E-state index in [-0.39, 0.29) is 56.6 Å². The first kappa shape index (κ1) is 32.6. The van der Waals surface area contributed by atoms with E-state index in [4.69, 9.17) is 33.9 Å². The van der Waals surface area contributed by atoms with Crippen LogP contribution in [-0.2, 0) is 34.8 Å². The Kier molecular flexibility index (Phi) is 9.46. The van der Waals surface area contributed by atoms with Gasteiger partial charge in [0.2, 0.25) is 11.8 Å². The topological polar surface area (TPSA) is 156 Å². The Hall–Kier alpha value is -4.28. The van der Waals surface area contributed by atoms with Gasteiger partial charge in [-0.1, -0.05) is 12.1 Å². The summed E-state index contributed by atoms with van der Waals surface area (Å²) < 4.78 is 17.0. The quantitative estimate of drug-likeness (QED) is 0.145.